The Bertz CT molecular complexity index is 1110. The first-order valence-corrected chi connectivity index (χ1v) is 10.4. The zero-order valence-corrected chi connectivity index (χ0v) is 17.2. The van der Waals surface area contributed by atoms with Gasteiger partial charge in [-0.3, -0.25) is 23.9 Å². The highest BCUT2D eigenvalue weighted by molar-refractivity contribution is 6.06. The number of nitrogens with zero attached hydrogens (tertiary/aromatic N) is 2. The third-order valence-corrected chi connectivity index (χ3v) is 5.33. The Labute approximate surface area is 172 Å². The summed E-state index contributed by atoms with van der Waals surface area (Å²) in [4.78, 5) is 56.7. The normalized spacial score (nSPS) is 16.1. The molecule has 2 aromatic heterocycles. The fourth-order valence-electron chi connectivity index (χ4n) is 3.39. The van der Waals surface area contributed by atoms with Crippen molar-refractivity contribution in [3.63, 3.8) is 0 Å². The van der Waals surface area contributed by atoms with Gasteiger partial charge < -0.3 is 10.1 Å². The number of carbonyl (C=O) groups excluding carboxylic acids is 2. The molecule has 2 aliphatic carbocycles. The van der Waals surface area contributed by atoms with Gasteiger partial charge in [-0.2, -0.15) is 0 Å². The molecule has 2 heterocycles. The predicted octanol–water partition coefficient (Wildman–Crippen LogP) is 1.30. The van der Waals surface area contributed by atoms with Crippen LogP contribution in [0.25, 0.3) is 11.0 Å². The first-order valence-electron chi connectivity index (χ1n) is 10.4. The van der Waals surface area contributed by atoms with E-state index in [2.05, 4.69) is 15.3 Å². The fraction of sp³-hybridized carbons (Fsp3) is 0.571. The van der Waals surface area contributed by atoms with Gasteiger partial charge in [-0.15, -0.1) is 0 Å². The first kappa shape index (κ1) is 20.3. The maximum atomic E-state index is 12.9. The molecule has 30 heavy (non-hydrogen) atoms. The maximum Gasteiger partial charge on any atom is 0.330 e. The number of nitrogens with one attached hydrogen (secondary N) is 2. The molecule has 2 aliphatic rings. The van der Waals surface area contributed by atoms with E-state index >= 15 is 0 Å². The molecule has 2 aromatic rings. The van der Waals surface area contributed by atoms with Crippen molar-refractivity contribution in [2.45, 2.75) is 52.0 Å². The van der Waals surface area contributed by atoms with Crippen molar-refractivity contribution in [1.82, 2.24) is 19.9 Å². The van der Waals surface area contributed by atoms with Crippen LogP contribution in [0.3, 0.4) is 0 Å². The second-order valence-corrected chi connectivity index (χ2v) is 8.64. The van der Waals surface area contributed by atoms with E-state index in [0.29, 0.717) is 24.8 Å². The van der Waals surface area contributed by atoms with E-state index in [1.807, 2.05) is 13.8 Å². The summed E-state index contributed by atoms with van der Waals surface area (Å²) < 4.78 is 6.55. The molecule has 0 bridgehead atoms. The topological polar surface area (TPSA) is 123 Å². The molecule has 4 rings (SSSR count). The van der Waals surface area contributed by atoms with Crippen LogP contribution in [0.5, 0.6) is 0 Å². The van der Waals surface area contributed by atoms with Crippen LogP contribution in [0.2, 0.25) is 0 Å². The number of esters is 1. The third kappa shape index (κ3) is 4.44. The second-order valence-electron chi connectivity index (χ2n) is 8.64. The molecule has 0 unspecified atom stereocenters. The Morgan fingerprint density at radius 3 is 2.63 bits per heavy atom. The standard InChI is InChI=1S/C21H26N4O5/c1-11(2)9-25-18-17(20(28)24-21(25)29)14(7-15(23-18)13-5-6-13)19(27)22-8-16(26)30-10-12-3-4-12/h7,11-13H,3-6,8-10H2,1-2H3,(H,22,27)(H,24,28,29). The Hall–Kier alpha value is -2.97. The van der Waals surface area contributed by atoms with Crippen LogP contribution in [0, 0.1) is 11.8 Å². The number of pyridine rings is 1. The van der Waals surface area contributed by atoms with Crippen molar-refractivity contribution < 1.29 is 14.3 Å². The zero-order chi connectivity index (χ0) is 21.4. The number of carbonyl (C=O) groups is 2. The van der Waals surface area contributed by atoms with Crippen molar-refractivity contribution in [2.75, 3.05) is 13.2 Å². The number of aromatic nitrogens is 3. The summed E-state index contributed by atoms with van der Waals surface area (Å²) in [6.45, 7) is 4.36. The highest BCUT2D eigenvalue weighted by Gasteiger charge is 2.29. The number of H-pyrrole nitrogens is 1. The molecule has 2 saturated carbocycles. The zero-order valence-electron chi connectivity index (χ0n) is 17.2. The van der Waals surface area contributed by atoms with Gasteiger partial charge in [-0.25, -0.2) is 9.78 Å². The minimum absolute atomic E-state index is 0.0588. The lowest BCUT2D eigenvalue weighted by Gasteiger charge is -2.14. The largest absolute Gasteiger partial charge is 0.464 e. The number of hydrogen-bond donors (Lipinski definition) is 2. The van der Waals surface area contributed by atoms with Gasteiger partial charge in [0.15, 0.2) is 5.65 Å². The minimum atomic E-state index is -0.661. The second kappa shape index (κ2) is 8.04. The molecule has 0 atom stereocenters. The van der Waals surface area contributed by atoms with Gasteiger partial charge in [0.2, 0.25) is 0 Å². The predicted molar refractivity (Wildman–Crippen MR) is 109 cm³/mol. The summed E-state index contributed by atoms with van der Waals surface area (Å²) >= 11 is 0. The van der Waals surface area contributed by atoms with Gasteiger partial charge in [-0.1, -0.05) is 13.8 Å². The lowest BCUT2D eigenvalue weighted by molar-refractivity contribution is -0.142. The van der Waals surface area contributed by atoms with Crippen LogP contribution in [-0.2, 0) is 16.1 Å². The maximum absolute atomic E-state index is 12.9. The van der Waals surface area contributed by atoms with Crippen LogP contribution in [-0.4, -0.2) is 39.6 Å². The molecule has 1 amide bonds. The Balaban J connectivity index is 1.68. The van der Waals surface area contributed by atoms with Crippen LogP contribution in [0.4, 0.5) is 0 Å². The molecule has 0 saturated heterocycles. The van der Waals surface area contributed by atoms with E-state index in [1.54, 1.807) is 6.07 Å². The van der Waals surface area contributed by atoms with Crippen LogP contribution in [0.1, 0.15) is 61.5 Å². The van der Waals surface area contributed by atoms with Crippen LogP contribution in [0.15, 0.2) is 15.7 Å². The summed E-state index contributed by atoms with van der Waals surface area (Å²) in [5.74, 6) is -0.284. The third-order valence-electron chi connectivity index (χ3n) is 5.33. The van der Waals surface area contributed by atoms with Crippen molar-refractivity contribution in [2.24, 2.45) is 11.8 Å². The molecule has 9 nitrogen and oxygen atoms in total. The van der Waals surface area contributed by atoms with Gasteiger partial charge in [-0.05, 0) is 43.6 Å². The lowest BCUT2D eigenvalue weighted by atomic mass is 10.1. The number of hydrogen-bond acceptors (Lipinski definition) is 6. The summed E-state index contributed by atoms with van der Waals surface area (Å²) in [6, 6.07) is 1.60. The molecule has 2 N–H and O–H groups in total. The molecule has 0 spiro atoms. The Kier molecular flexibility index (Phi) is 5.44. The van der Waals surface area contributed by atoms with E-state index in [1.165, 1.54) is 4.57 Å². The molecular weight excluding hydrogens is 388 g/mol. The summed E-state index contributed by atoms with van der Waals surface area (Å²) in [5.41, 5.74) is -0.187. The van der Waals surface area contributed by atoms with Crippen molar-refractivity contribution in [3.05, 3.63) is 38.2 Å². The highest BCUT2D eigenvalue weighted by atomic mass is 16.5. The van der Waals surface area contributed by atoms with Gasteiger partial charge in [0.25, 0.3) is 11.5 Å². The monoisotopic (exact) mass is 414 g/mol. The Morgan fingerprint density at radius 2 is 2.00 bits per heavy atom. The van der Waals surface area contributed by atoms with E-state index in [4.69, 9.17) is 4.74 Å². The Morgan fingerprint density at radius 1 is 1.27 bits per heavy atom. The highest BCUT2D eigenvalue weighted by Crippen LogP contribution is 2.39. The van der Waals surface area contributed by atoms with Gasteiger partial charge in [0, 0.05) is 18.2 Å². The summed E-state index contributed by atoms with van der Waals surface area (Å²) in [7, 11) is 0. The summed E-state index contributed by atoms with van der Waals surface area (Å²) in [6.07, 6.45) is 4.02. The summed E-state index contributed by atoms with van der Waals surface area (Å²) in [5, 5.41) is 2.60. The number of amides is 1. The SMILES string of the molecule is CC(C)Cn1c(=O)[nH]c(=O)c2c(C(=O)NCC(=O)OCC3CC3)cc(C3CC3)nc21. The van der Waals surface area contributed by atoms with Gasteiger partial charge >= 0.3 is 11.7 Å². The molecule has 0 aliphatic heterocycles. The molecule has 160 valence electrons. The number of fused-ring (bicyclic) bond motifs is 1. The quantitative estimate of drug-likeness (QED) is 0.628. The molecule has 9 heteroatoms. The molecule has 2 fully saturated rings. The lowest BCUT2D eigenvalue weighted by Crippen LogP contribution is -2.35. The van der Waals surface area contributed by atoms with E-state index in [0.717, 1.165) is 25.7 Å². The van der Waals surface area contributed by atoms with Crippen LogP contribution >= 0.6 is 0 Å². The molecule has 0 radical (unpaired) electrons. The van der Waals surface area contributed by atoms with Crippen molar-refractivity contribution in [3.8, 4) is 0 Å². The average molecular weight is 414 g/mol. The number of ether oxygens (including phenoxy) is 1. The molecular formula is C21H26N4O5. The minimum Gasteiger partial charge on any atom is -0.464 e. The number of rotatable bonds is 8. The number of aromatic amines is 1. The van der Waals surface area contributed by atoms with E-state index in [-0.39, 0.29) is 35.0 Å². The molecule has 0 aromatic carbocycles. The smallest absolute Gasteiger partial charge is 0.330 e. The average Bonchev–Trinajstić information content (AvgIpc) is 3.60. The van der Waals surface area contributed by atoms with E-state index in [9.17, 15) is 19.2 Å². The van der Waals surface area contributed by atoms with Crippen molar-refractivity contribution >= 4 is 22.9 Å². The van der Waals surface area contributed by atoms with Gasteiger partial charge in [0.1, 0.15) is 6.54 Å². The van der Waals surface area contributed by atoms with Gasteiger partial charge in [0.05, 0.1) is 17.6 Å². The first-order chi connectivity index (χ1) is 14.3. The fourth-order valence-corrected chi connectivity index (χ4v) is 3.39. The van der Waals surface area contributed by atoms with E-state index < -0.39 is 23.1 Å². The van der Waals surface area contributed by atoms with Crippen LogP contribution < -0.4 is 16.6 Å². The van der Waals surface area contributed by atoms with Crippen molar-refractivity contribution in [1.29, 1.82) is 0 Å².